The lowest BCUT2D eigenvalue weighted by molar-refractivity contribution is 0.412. The Morgan fingerprint density at radius 1 is 1.44 bits per heavy atom. The van der Waals surface area contributed by atoms with Crippen LogP contribution in [0.2, 0.25) is 0 Å². The molecule has 1 heterocycles. The topological polar surface area (TPSA) is 111 Å². The number of primary sulfonamides is 1. The highest BCUT2D eigenvalue weighted by Crippen LogP contribution is 2.29. The summed E-state index contributed by atoms with van der Waals surface area (Å²) in [6.45, 7) is 0. The monoisotopic (exact) mass is 332 g/mol. The van der Waals surface area contributed by atoms with E-state index in [1.165, 1.54) is 0 Å². The van der Waals surface area contributed by atoms with Crippen LogP contribution in [0.3, 0.4) is 0 Å². The van der Waals surface area contributed by atoms with Gasteiger partial charge in [-0.1, -0.05) is 0 Å². The molecule has 9 heteroatoms. The van der Waals surface area contributed by atoms with E-state index < -0.39 is 10.0 Å². The number of aromatic nitrogens is 3. The van der Waals surface area contributed by atoms with Crippen molar-refractivity contribution in [1.82, 2.24) is 15.2 Å². The summed E-state index contributed by atoms with van der Waals surface area (Å²) in [7, 11) is -2.33. The molecule has 1 aromatic heterocycles. The highest BCUT2D eigenvalue weighted by atomic mass is 79.9. The van der Waals surface area contributed by atoms with E-state index in [1.807, 2.05) is 0 Å². The van der Waals surface area contributed by atoms with Gasteiger partial charge in [0.05, 0.1) is 11.6 Å². The number of ether oxygens (including phenoxy) is 1. The molecule has 7 nitrogen and oxygen atoms in total. The molecule has 0 aliphatic heterocycles. The second kappa shape index (κ2) is 4.67. The molecule has 3 N–H and O–H groups in total. The van der Waals surface area contributed by atoms with Gasteiger partial charge in [-0.2, -0.15) is 10.1 Å². The second-order valence-corrected chi connectivity index (χ2v) is 5.69. The molecule has 0 bridgehead atoms. The molecule has 0 fully saturated rings. The van der Waals surface area contributed by atoms with E-state index in [9.17, 15) is 8.42 Å². The Labute approximate surface area is 112 Å². The van der Waals surface area contributed by atoms with Crippen LogP contribution in [-0.4, -0.2) is 30.7 Å². The Kier molecular flexibility index (Phi) is 3.37. The average molecular weight is 333 g/mol. The molecule has 0 aliphatic carbocycles. The van der Waals surface area contributed by atoms with Gasteiger partial charge < -0.3 is 4.74 Å². The summed E-state index contributed by atoms with van der Waals surface area (Å²) in [5, 5.41) is 10.6. The van der Waals surface area contributed by atoms with Crippen molar-refractivity contribution < 1.29 is 13.2 Å². The predicted octanol–water partition coefficient (Wildman–Crippen LogP) is 0.890. The number of H-pyrrole nitrogens is 1. The molecule has 18 heavy (non-hydrogen) atoms. The number of nitrogens with two attached hydrogens (primary N) is 1. The van der Waals surface area contributed by atoms with Crippen LogP contribution in [0.1, 0.15) is 0 Å². The molecular formula is C9H9BrN4O3S. The smallest absolute Gasteiger partial charge is 0.273 e. The fourth-order valence-electron chi connectivity index (χ4n) is 1.31. The first kappa shape index (κ1) is 13.0. The molecule has 96 valence electrons. The number of benzene rings is 1. The highest BCUT2D eigenvalue weighted by molar-refractivity contribution is 9.10. The van der Waals surface area contributed by atoms with Gasteiger partial charge in [0.1, 0.15) is 5.75 Å². The van der Waals surface area contributed by atoms with E-state index >= 15 is 0 Å². The molecule has 2 rings (SSSR count). The van der Waals surface area contributed by atoms with Gasteiger partial charge in [0.2, 0.25) is 0 Å². The molecule has 0 atom stereocenters. The number of sulfonamides is 1. The summed E-state index contributed by atoms with van der Waals surface area (Å²) in [6.07, 6.45) is 0. The van der Waals surface area contributed by atoms with Gasteiger partial charge in [0.25, 0.3) is 15.2 Å². The quantitative estimate of drug-likeness (QED) is 0.866. The van der Waals surface area contributed by atoms with Crippen LogP contribution >= 0.6 is 15.9 Å². The molecular weight excluding hydrogens is 324 g/mol. The van der Waals surface area contributed by atoms with Crippen LogP contribution in [0.15, 0.2) is 27.8 Å². The first-order chi connectivity index (χ1) is 8.41. The lowest BCUT2D eigenvalue weighted by atomic mass is 10.2. The van der Waals surface area contributed by atoms with Gasteiger partial charge in [-0.3, -0.25) is 0 Å². The number of aromatic amines is 1. The zero-order valence-corrected chi connectivity index (χ0v) is 11.6. The van der Waals surface area contributed by atoms with Crippen molar-refractivity contribution in [2.75, 3.05) is 7.11 Å². The molecule has 0 unspecified atom stereocenters. The predicted molar refractivity (Wildman–Crippen MR) is 67.4 cm³/mol. The Morgan fingerprint density at radius 2 is 2.17 bits per heavy atom. The summed E-state index contributed by atoms with van der Waals surface area (Å²) in [5.41, 5.74) is 0.633. The van der Waals surface area contributed by atoms with Gasteiger partial charge in [0.15, 0.2) is 5.82 Å². The number of halogens is 1. The molecule has 2 aromatic rings. The summed E-state index contributed by atoms with van der Waals surface area (Å²) in [6, 6.07) is 5.14. The summed E-state index contributed by atoms with van der Waals surface area (Å²) in [5.74, 6) is 0.892. The standard InChI is InChI=1S/C9H9BrN4O3S/c1-17-7-3-2-5(4-6(7)10)8-12-9(14-13-8)18(11,15)16/h2-4H,1H3,(H2,11,15,16)(H,12,13,14). The van der Waals surface area contributed by atoms with E-state index in [1.54, 1.807) is 25.3 Å². The van der Waals surface area contributed by atoms with Crippen LogP contribution < -0.4 is 9.88 Å². The third kappa shape index (κ3) is 2.52. The number of rotatable bonds is 3. The van der Waals surface area contributed by atoms with Crippen molar-refractivity contribution >= 4 is 26.0 Å². The lowest BCUT2D eigenvalue weighted by Gasteiger charge is -2.03. The minimum absolute atomic E-state index is 0.238. The number of hydrogen-bond acceptors (Lipinski definition) is 5. The van der Waals surface area contributed by atoms with Gasteiger partial charge in [-0.05, 0) is 34.1 Å². The fourth-order valence-corrected chi connectivity index (χ4v) is 2.24. The maximum atomic E-state index is 11.1. The van der Waals surface area contributed by atoms with Crippen LogP contribution in [0.25, 0.3) is 11.4 Å². The average Bonchev–Trinajstić information content (AvgIpc) is 2.77. The molecule has 0 amide bonds. The van der Waals surface area contributed by atoms with Crippen LogP contribution in [0.4, 0.5) is 0 Å². The summed E-state index contributed by atoms with van der Waals surface area (Å²) >= 11 is 3.32. The summed E-state index contributed by atoms with van der Waals surface area (Å²) < 4.78 is 27.9. The largest absolute Gasteiger partial charge is 0.496 e. The highest BCUT2D eigenvalue weighted by Gasteiger charge is 2.15. The van der Waals surface area contributed by atoms with Crippen molar-refractivity contribution in [3.8, 4) is 17.1 Å². The van der Waals surface area contributed by atoms with Crippen LogP contribution in [0.5, 0.6) is 5.75 Å². The first-order valence-corrected chi connectivity index (χ1v) is 7.05. The normalized spacial score (nSPS) is 11.5. The molecule has 0 saturated heterocycles. The number of hydrogen-bond donors (Lipinski definition) is 2. The SMILES string of the molecule is COc1ccc(-c2n[nH]c(S(N)(=O)=O)n2)cc1Br. The Hall–Kier alpha value is -1.45. The Bertz CT molecular complexity index is 683. The lowest BCUT2D eigenvalue weighted by Crippen LogP contribution is -2.13. The van der Waals surface area contributed by atoms with Crippen molar-refractivity contribution in [2.24, 2.45) is 5.14 Å². The maximum Gasteiger partial charge on any atom is 0.273 e. The molecule has 0 saturated carbocycles. The minimum Gasteiger partial charge on any atom is -0.496 e. The molecule has 0 aliphatic rings. The Balaban J connectivity index is 2.44. The zero-order chi connectivity index (χ0) is 13.3. The minimum atomic E-state index is -3.88. The molecule has 1 aromatic carbocycles. The third-order valence-corrected chi connectivity index (χ3v) is 3.49. The summed E-state index contributed by atoms with van der Waals surface area (Å²) in [4.78, 5) is 3.81. The van der Waals surface area contributed by atoms with Crippen LogP contribution in [0, 0.1) is 0 Å². The van der Waals surface area contributed by atoms with Gasteiger partial charge in [-0.25, -0.2) is 18.7 Å². The maximum absolute atomic E-state index is 11.1. The fraction of sp³-hybridized carbons (Fsp3) is 0.111. The van der Waals surface area contributed by atoms with Crippen LogP contribution in [-0.2, 0) is 10.0 Å². The number of nitrogens with one attached hydrogen (secondary N) is 1. The van der Waals surface area contributed by atoms with E-state index in [0.29, 0.717) is 15.8 Å². The van der Waals surface area contributed by atoms with Crippen molar-refractivity contribution in [3.63, 3.8) is 0 Å². The van der Waals surface area contributed by atoms with E-state index in [4.69, 9.17) is 9.88 Å². The van der Waals surface area contributed by atoms with E-state index in [2.05, 4.69) is 31.1 Å². The Morgan fingerprint density at radius 3 is 2.67 bits per heavy atom. The van der Waals surface area contributed by atoms with Gasteiger partial charge in [0, 0.05) is 5.56 Å². The van der Waals surface area contributed by atoms with E-state index in [-0.39, 0.29) is 11.0 Å². The first-order valence-electron chi connectivity index (χ1n) is 4.71. The number of nitrogens with zero attached hydrogens (tertiary/aromatic N) is 2. The second-order valence-electron chi connectivity index (χ2n) is 3.36. The van der Waals surface area contributed by atoms with Gasteiger partial charge in [-0.15, -0.1) is 0 Å². The van der Waals surface area contributed by atoms with Crippen molar-refractivity contribution in [1.29, 1.82) is 0 Å². The van der Waals surface area contributed by atoms with Crippen molar-refractivity contribution in [2.45, 2.75) is 5.16 Å². The number of methoxy groups -OCH3 is 1. The molecule has 0 radical (unpaired) electrons. The zero-order valence-electron chi connectivity index (χ0n) is 9.21. The van der Waals surface area contributed by atoms with Gasteiger partial charge >= 0.3 is 0 Å². The van der Waals surface area contributed by atoms with E-state index in [0.717, 1.165) is 0 Å². The van der Waals surface area contributed by atoms with Crippen molar-refractivity contribution in [3.05, 3.63) is 22.7 Å². The third-order valence-electron chi connectivity index (χ3n) is 2.14. The molecule has 0 spiro atoms.